The predicted molar refractivity (Wildman–Crippen MR) is 66.4 cm³/mol. The van der Waals surface area contributed by atoms with Crippen LogP contribution in [0.15, 0.2) is 0 Å². The van der Waals surface area contributed by atoms with Crippen molar-refractivity contribution in [2.45, 2.75) is 55.7 Å². The average molecular weight is 298 g/mol. The number of hydrogen-bond donors (Lipinski definition) is 0. The first-order valence-corrected chi connectivity index (χ1v) is 10.5. The summed E-state index contributed by atoms with van der Waals surface area (Å²) in [6.45, 7) is 4.92. The van der Waals surface area contributed by atoms with Gasteiger partial charge in [-0.3, -0.25) is 0 Å². The third kappa shape index (κ3) is 4.57. The normalized spacial score (nSPS) is 20.1. The topological polar surface area (TPSA) is 3.24 Å². The van der Waals surface area contributed by atoms with Gasteiger partial charge in [0.1, 0.15) is 0 Å². The molecule has 14 heavy (non-hydrogen) atoms. The van der Waals surface area contributed by atoms with Crippen LogP contribution in [0.2, 0.25) is 4.18 Å². The summed E-state index contributed by atoms with van der Waals surface area (Å²) >= 11 is 0.876. The Morgan fingerprint density at radius 2 is 2.21 bits per heavy atom. The van der Waals surface area contributed by atoms with Crippen LogP contribution in [0.3, 0.4) is 0 Å². The van der Waals surface area contributed by atoms with Crippen LogP contribution in [-0.2, 0) is 0 Å². The first-order chi connectivity index (χ1) is 6.88. The molecule has 1 radical (unpaired) electrons. The van der Waals surface area contributed by atoms with Crippen LogP contribution in [-0.4, -0.2) is 48.4 Å². The Morgan fingerprint density at radius 1 is 1.36 bits per heavy atom. The molecule has 81 valence electrons. The zero-order chi connectivity index (χ0) is 10.2. The molecule has 1 nitrogen and oxygen atoms in total. The molecule has 1 saturated heterocycles. The van der Waals surface area contributed by atoms with Crippen molar-refractivity contribution in [3.05, 3.63) is 6.42 Å². The Hall–Kier alpha value is 0.830. The van der Waals surface area contributed by atoms with Crippen molar-refractivity contribution < 1.29 is 0 Å². The van der Waals surface area contributed by atoms with Crippen LogP contribution in [0.25, 0.3) is 0 Å². The molecule has 1 heterocycles. The van der Waals surface area contributed by atoms with Crippen molar-refractivity contribution in [3.63, 3.8) is 0 Å². The van der Waals surface area contributed by atoms with Gasteiger partial charge in [-0.05, 0) is 0 Å². The minimum absolute atomic E-state index is 0.876. The van der Waals surface area contributed by atoms with Crippen LogP contribution >= 0.6 is 0 Å². The van der Waals surface area contributed by atoms with Gasteiger partial charge < -0.3 is 0 Å². The molecule has 2 heteroatoms. The number of nitrogens with zero attached hydrogens (tertiary/aromatic N) is 1. The summed E-state index contributed by atoms with van der Waals surface area (Å²) < 4.78 is 1.54. The fourth-order valence-electron chi connectivity index (χ4n) is 2.39. The third-order valence-electron chi connectivity index (χ3n) is 3.36. The average Bonchev–Trinajstić information content (AvgIpc) is 2.71. The second-order valence-electron chi connectivity index (χ2n) is 4.48. The number of rotatable bonds is 7. The predicted octanol–water partition coefficient (Wildman–Crippen LogP) is 2.29. The Kier molecular flexibility index (Phi) is 7.40. The van der Waals surface area contributed by atoms with Gasteiger partial charge in [0.15, 0.2) is 0 Å². The summed E-state index contributed by atoms with van der Waals surface area (Å²) in [5.41, 5.74) is 0. The summed E-state index contributed by atoms with van der Waals surface area (Å²) in [4.78, 5) is 2.71. The van der Waals surface area contributed by atoms with E-state index in [0.29, 0.717) is 0 Å². The second-order valence-corrected chi connectivity index (χ2v) is 6.81. The molecule has 0 saturated carbocycles. The molecule has 1 aliphatic heterocycles. The quantitative estimate of drug-likeness (QED) is 0.652. The van der Waals surface area contributed by atoms with Crippen LogP contribution in [0.5, 0.6) is 0 Å². The van der Waals surface area contributed by atoms with Gasteiger partial charge in [0, 0.05) is 0 Å². The maximum absolute atomic E-state index is 2.71. The Balaban J connectivity index is 2.11. The molecule has 0 N–H and O–H groups in total. The summed E-state index contributed by atoms with van der Waals surface area (Å²) in [6.07, 6.45) is 11.0. The Labute approximate surface area is 104 Å². The first kappa shape index (κ1) is 12.9. The van der Waals surface area contributed by atoms with E-state index in [-0.39, 0.29) is 0 Å². The molecule has 0 aromatic heterocycles. The van der Waals surface area contributed by atoms with Crippen LogP contribution in [0.4, 0.5) is 0 Å². The molecule has 0 aliphatic carbocycles. The van der Waals surface area contributed by atoms with Gasteiger partial charge in [-0.25, -0.2) is 0 Å². The van der Waals surface area contributed by atoms with E-state index in [9.17, 15) is 0 Å². The zero-order valence-corrected chi connectivity index (χ0v) is 15.7. The molecule has 0 amide bonds. The van der Waals surface area contributed by atoms with E-state index in [1.165, 1.54) is 51.6 Å². The summed E-state index contributed by atoms with van der Waals surface area (Å²) in [7, 11) is 0. The van der Waals surface area contributed by atoms with Crippen molar-refractivity contribution in [1.82, 2.24) is 4.90 Å². The fourth-order valence-corrected chi connectivity index (χ4v) is 5.03. The van der Waals surface area contributed by atoms with Crippen LogP contribution in [0, 0.1) is 6.42 Å². The maximum atomic E-state index is 2.71. The number of hydrogen-bond acceptors (Lipinski definition) is 1. The summed E-state index contributed by atoms with van der Waals surface area (Å²) in [5, 5.41) is 0. The van der Waals surface area contributed by atoms with E-state index < -0.39 is 0 Å². The molecule has 0 aromatic rings. The van der Waals surface area contributed by atoms with E-state index in [1.807, 2.05) is 0 Å². The second kappa shape index (κ2) is 8.04. The Morgan fingerprint density at radius 3 is 2.79 bits per heavy atom. The monoisotopic (exact) mass is 298 g/mol. The summed E-state index contributed by atoms with van der Waals surface area (Å²) in [5.74, 6) is 0. The zero-order valence-electron chi connectivity index (χ0n) is 9.97. The van der Waals surface area contributed by atoms with E-state index in [1.54, 1.807) is 4.18 Å². The molecule has 1 fully saturated rings. The van der Waals surface area contributed by atoms with Gasteiger partial charge in [-0.2, -0.15) is 0 Å². The van der Waals surface area contributed by atoms with Crippen molar-refractivity contribution in [2.75, 3.05) is 13.1 Å². The van der Waals surface area contributed by atoms with Gasteiger partial charge in [0.2, 0.25) is 0 Å². The molecule has 0 aromatic carbocycles. The molecule has 1 rings (SSSR count). The number of likely N-dealkylation sites (tertiary alicyclic amines) is 1. The third-order valence-corrected chi connectivity index (χ3v) is 6.05. The van der Waals surface area contributed by atoms with Gasteiger partial charge in [-0.15, -0.1) is 0 Å². The van der Waals surface area contributed by atoms with E-state index in [2.05, 4.69) is 18.2 Å². The molecule has 1 aliphatic rings. The van der Waals surface area contributed by atoms with Crippen LogP contribution in [0.1, 0.15) is 45.4 Å². The number of unbranched alkanes of at least 4 members (excludes halogenated alkanes) is 3. The van der Waals surface area contributed by atoms with Crippen molar-refractivity contribution in [3.8, 4) is 0 Å². The van der Waals surface area contributed by atoms with Gasteiger partial charge >= 0.3 is 104 Å². The Bertz CT molecular complexity index is 132. The summed E-state index contributed by atoms with van der Waals surface area (Å²) in [6, 6.07) is 0.960. The molecule has 1 unspecified atom stereocenters. The van der Waals surface area contributed by atoms with E-state index in [0.717, 1.165) is 30.4 Å². The first-order valence-electron chi connectivity index (χ1n) is 6.44. The molecule has 0 spiro atoms. The van der Waals surface area contributed by atoms with Crippen LogP contribution < -0.4 is 0 Å². The molecule has 1 atom stereocenters. The van der Waals surface area contributed by atoms with Crippen molar-refractivity contribution in [1.29, 1.82) is 0 Å². The van der Waals surface area contributed by atoms with E-state index in [4.69, 9.17) is 0 Å². The molecular formula is C12H25InN. The SMILES string of the molecule is CCCCCCC([CH2][InH2])N1C[CH]CC1. The standard InChI is InChI=1S/C12H23N.In.2H/c1-3-4-5-6-9-12(2)13-10-7-8-11-13;;;/h7,12H,2-6,8-11H2,1H3;;;. The molecule has 0 bridgehead atoms. The van der Waals surface area contributed by atoms with Gasteiger partial charge in [0.25, 0.3) is 0 Å². The molecular weight excluding hydrogens is 273 g/mol. The van der Waals surface area contributed by atoms with Crippen molar-refractivity contribution in [2.24, 2.45) is 0 Å². The van der Waals surface area contributed by atoms with Gasteiger partial charge in [0.05, 0.1) is 0 Å². The van der Waals surface area contributed by atoms with Gasteiger partial charge in [-0.1, -0.05) is 0 Å². The van der Waals surface area contributed by atoms with E-state index >= 15 is 0 Å². The minimum atomic E-state index is 0.876. The fraction of sp³-hybridized carbons (Fsp3) is 0.917. The van der Waals surface area contributed by atoms with Crippen molar-refractivity contribution >= 4 is 24.4 Å².